The van der Waals surface area contributed by atoms with E-state index in [2.05, 4.69) is 12.2 Å². The van der Waals surface area contributed by atoms with Crippen LogP contribution in [-0.4, -0.2) is 35.9 Å². The van der Waals surface area contributed by atoms with Gasteiger partial charge >= 0.3 is 0 Å². The highest BCUT2D eigenvalue weighted by atomic mass is 16.5. The molecule has 168 valence electrons. The van der Waals surface area contributed by atoms with Crippen LogP contribution in [0.2, 0.25) is 0 Å². The van der Waals surface area contributed by atoms with Gasteiger partial charge in [-0.15, -0.1) is 0 Å². The summed E-state index contributed by atoms with van der Waals surface area (Å²) >= 11 is 0. The molecule has 5 nitrogen and oxygen atoms in total. The van der Waals surface area contributed by atoms with E-state index in [0.29, 0.717) is 39.0 Å². The Morgan fingerprint density at radius 3 is 2.39 bits per heavy atom. The molecule has 0 saturated heterocycles. The summed E-state index contributed by atoms with van der Waals surface area (Å²) in [4.78, 5) is 27.8. The van der Waals surface area contributed by atoms with E-state index in [9.17, 15) is 9.59 Å². The van der Waals surface area contributed by atoms with Gasteiger partial charge in [-0.05, 0) is 49.4 Å². The van der Waals surface area contributed by atoms with Crippen LogP contribution in [0, 0.1) is 6.92 Å². The molecule has 2 rings (SSSR count). The summed E-state index contributed by atoms with van der Waals surface area (Å²) in [6, 6.07) is 17.1. The van der Waals surface area contributed by atoms with Crippen LogP contribution in [0.25, 0.3) is 0 Å². The van der Waals surface area contributed by atoms with Crippen LogP contribution in [0.15, 0.2) is 54.6 Å². The summed E-state index contributed by atoms with van der Waals surface area (Å²) in [6.45, 7) is 7.63. The molecule has 0 heterocycles. The van der Waals surface area contributed by atoms with Crippen molar-refractivity contribution < 1.29 is 14.3 Å². The molecule has 0 bridgehead atoms. The highest BCUT2D eigenvalue weighted by Crippen LogP contribution is 2.17. The first-order chi connectivity index (χ1) is 15.1. The fourth-order valence-electron chi connectivity index (χ4n) is 3.47. The monoisotopic (exact) mass is 424 g/mol. The first-order valence-electron chi connectivity index (χ1n) is 11.4. The van der Waals surface area contributed by atoms with Gasteiger partial charge in [0.1, 0.15) is 11.8 Å². The van der Waals surface area contributed by atoms with Gasteiger partial charge in [0.2, 0.25) is 11.8 Å². The number of nitrogens with one attached hydrogen (secondary N) is 1. The lowest BCUT2D eigenvalue weighted by Gasteiger charge is -2.31. The molecule has 0 spiro atoms. The van der Waals surface area contributed by atoms with Crippen LogP contribution >= 0.6 is 0 Å². The summed E-state index contributed by atoms with van der Waals surface area (Å²) in [5, 5.41) is 3.00. The number of hydrogen-bond donors (Lipinski definition) is 1. The Morgan fingerprint density at radius 1 is 1.00 bits per heavy atom. The average molecular weight is 425 g/mol. The molecular formula is C26H36N2O3. The van der Waals surface area contributed by atoms with Crippen molar-refractivity contribution in [1.82, 2.24) is 10.2 Å². The van der Waals surface area contributed by atoms with E-state index in [-0.39, 0.29) is 11.8 Å². The highest BCUT2D eigenvalue weighted by Gasteiger charge is 2.28. The maximum atomic E-state index is 13.2. The number of aryl methyl sites for hydroxylation is 1. The van der Waals surface area contributed by atoms with Gasteiger partial charge in [0.05, 0.1) is 6.61 Å². The second kappa shape index (κ2) is 13.5. The van der Waals surface area contributed by atoms with Crippen LogP contribution in [0.1, 0.15) is 57.1 Å². The van der Waals surface area contributed by atoms with Gasteiger partial charge in [-0.2, -0.15) is 0 Å². The van der Waals surface area contributed by atoms with E-state index < -0.39 is 6.04 Å². The Morgan fingerprint density at radius 2 is 1.71 bits per heavy atom. The van der Waals surface area contributed by atoms with Gasteiger partial charge in [-0.3, -0.25) is 9.59 Å². The molecule has 1 N–H and O–H groups in total. The van der Waals surface area contributed by atoms with Crippen molar-refractivity contribution in [3.8, 4) is 5.75 Å². The first kappa shape index (κ1) is 24.4. The summed E-state index contributed by atoms with van der Waals surface area (Å²) in [5.41, 5.74) is 2.19. The maximum absolute atomic E-state index is 13.2. The quantitative estimate of drug-likeness (QED) is 0.466. The molecule has 0 radical (unpaired) electrons. The van der Waals surface area contributed by atoms with Crippen molar-refractivity contribution in [2.24, 2.45) is 0 Å². The SMILES string of the molecule is CCCCNC(=O)C(CC)N(Cc1ccccc1C)C(=O)CCCOc1ccccc1. The standard InChI is InChI=1S/C26H36N2O3/c1-4-6-18-27-26(30)24(5-2)28(20-22-14-11-10-13-21(22)3)25(29)17-12-19-31-23-15-8-7-9-16-23/h7-11,13-16,24H,4-6,12,17-20H2,1-3H3,(H,27,30). The van der Waals surface area contributed by atoms with Crippen LogP contribution in [0.3, 0.4) is 0 Å². The van der Waals surface area contributed by atoms with Crippen molar-refractivity contribution in [3.05, 3.63) is 65.7 Å². The second-order valence-corrected chi connectivity index (χ2v) is 7.78. The predicted octanol–water partition coefficient (Wildman–Crippen LogP) is 4.88. The molecular weight excluding hydrogens is 388 g/mol. The predicted molar refractivity (Wildman–Crippen MR) is 125 cm³/mol. The highest BCUT2D eigenvalue weighted by molar-refractivity contribution is 5.87. The number of unbranched alkanes of at least 4 members (excludes halogenated alkanes) is 1. The minimum atomic E-state index is -0.473. The average Bonchev–Trinajstić information content (AvgIpc) is 2.78. The van der Waals surface area contributed by atoms with Gasteiger partial charge in [-0.1, -0.05) is 62.7 Å². The topological polar surface area (TPSA) is 58.6 Å². The number of rotatable bonds is 13. The number of ether oxygens (including phenoxy) is 1. The molecule has 1 atom stereocenters. The molecule has 2 amide bonds. The Labute approximate surface area is 186 Å². The van der Waals surface area contributed by atoms with Crippen LogP contribution in [0.4, 0.5) is 0 Å². The van der Waals surface area contributed by atoms with Crippen molar-refractivity contribution in [2.45, 2.75) is 65.5 Å². The van der Waals surface area contributed by atoms with Crippen molar-refractivity contribution in [2.75, 3.05) is 13.2 Å². The maximum Gasteiger partial charge on any atom is 0.242 e. The molecule has 2 aromatic rings. The Bertz CT molecular complexity index is 807. The zero-order valence-corrected chi connectivity index (χ0v) is 19.1. The zero-order chi connectivity index (χ0) is 22.5. The molecule has 2 aromatic carbocycles. The van der Waals surface area contributed by atoms with Crippen LogP contribution in [0.5, 0.6) is 5.75 Å². The molecule has 0 aliphatic rings. The lowest BCUT2D eigenvalue weighted by atomic mass is 10.1. The van der Waals surface area contributed by atoms with Crippen molar-refractivity contribution in [1.29, 1.82) is 0 Å². The minimum Gasteiger partial charge on any atom is -0.494 e. The number of para-hydroxylation sites is 1. The first-order valence-corrected chi connectivity index (χ1v) is 11.4. The Balaban J connectivity index is 2.05. The second-order valence-electron chi connectivity index (χ2n) is 7.78. The summed E-state index contributed by atoms with van der Waals surface area (Å²) in [5.74, 6) is 0.712. The van der Waals surface area contributed by atoms with E-state index in [1.807, 2.05) is 68.4 Å². The zero-order valence-electron chi connectivity index (χ0n) is 19.1. The molecule has 0 fully saturated rings. The van der Waals surface area contributed by atoms with Gasteiger partial charge < -0.3 is 15.0 Å². The molecule has 0 aliphatic heterocycles. The van der Waals surface area contributed by atoms with E-state index in [4.69, 9.17) is 4.74 Å². The number of benzene rings is 2. The van der Waals surface area contributed by atoms with Crippen LogP contribution < -0.4 is 10.1 Å². The van der Waals surface area contributed by atoms with Crippen LogP contribution in [-0.2, 0) is 16.1 Å². The van der Waals surface area contributed by atoms with Crippen molar-refractivity contribution >= 4 is 11.8 Å². The largest absolute Gasteiger partial charge is 0.494 e. The number of hydrogen-bond acceptors (Lipinski definition) is 3. The van der Waals surface area contributed by atoms with Gasteiger partial charge in [0, 0.05) is 19.5 Å². The lowest BCUT2D eigenvalue weighted by molar-refractivity contribution is -0.141. The number of carbonyl (C=O) groups is 2. The molecule has 5 heteroatoms. The molecule has 0 saturated carbocycles. The van der Waals surface area contributed by atoms with E-state index in [1.165, 1.54) is 0 Å². The van der Waals surface area contributed by atoms with Gasteiger partial charge in [0.15, 0.2) is 0 Å². The number of nitrogens with zero attached hydrogens (tertiary/aromatic N) is 1. The Kier molecular flexibility index (Phi) is 10.6. The lowest BCUT2D eigenvalue weighted by Crippen LogP contribution is -2.49. The molecule has 31 heavy (non-hydrogen) atoms. The Hall–Kier alpha value is -2.82. The summed E-state index contributed by atoms with van der Waals surface area (Å²) in [7, 11) is 0. The molecule has 0 aliphatic carbocycles. The third-order valence-electron chi connectivity index (χ3n) is 5.36. The van der Waals surface area contributed by atoms with E-state index in [0.717, 1.165) is 29.7 Å². The van der Waals surface area contributed by atoms with E-state index in [1.54, 1.807) is 4.90 Å². The van der Waals surface area contributed by atoms with E-state index >= 15 is 0 Å². The van der Waals surface area contributed by atoms with Gasteiger partial charge in [0.25, 0.3) is 0 Å². The normalized spacial score (nSPS) is 11.6. The fraction of sp³-hybridized carbons (Fsp3) is 0.462. The third-order valence-corrected chi connectivity index (χ3v) is 5.36. The number of amides is 2. The summed E-state index contributed by atoms with van der Waals surface area (Å²) < 4.78 is 5.72. The summed E-state index contributed by atoms with van der Waals surface area (Å²) in [6.07, 6.45) is 3.48. The third kappa shape index (κ3) is 8.08. The van der Waals surface area contributed by atoms with Crippen molar-refractivity contribution in [3.63, 3.8) is 0 Å². The number of carbonyl (C=O) groups excluding carboxylic acids is 2. The smallest absolute Gasteiger partial charge is 0.242 e. The minimum absolute atomic E-state index is 0.0163. The fourth-order valence-corrected chi connectivity index (χ4v) is 3.47. The van der Waals surface area contributed by atoms with Gasteiger partial charge in [-0.25, -0.2) is 0 Å². The molecule has 1 unspecified atom stereocenters. The molecule has 0 aromatic heterocycles.